The predicted octanol–water partition coefficient (Wildman–Crippen LogP) is 1.30. The first kappa shape index (κ1) is 14.0. The molecule has 3 atom stereocenters. The second-order valence-electron chi connectivity index (χ2n) is 5.37. The van der Waals surface area contributed by atoms with E-state index >= 15 is 0 Å². The molecule has 4 heteroatoms. The fraction of sp³-hybridized carbons (Fsp3) is 0.533. The van der Waals surface area contributed by atoms with Crippen LogP contribution in [0.15, 0.2) is 24.3 Å². The highest BCUT2D eigenvalue weighted by atomic mass is 16.3. The molecule has 1 aliphatic rings. The number of carbonyl (C=O) groups is 1. The van der Waals surface area contributed by atoms with E-state index in [-0.39, 0.29) is 24.6 Å². The molecule has 0 aromatic heterocycles. The minimum absolute atomic E-state index is 0.0427. The standard InChI is InChI=1S/C15H22N2O2/c1-10-6-7-16-11(2)14(10)17-15(19)13-5-3-4-12(8-13)9-18/h3-5,8,10-11,14,16,18H,6-7,9H2,1-2H3,(H,17,19)/t10-,11+,14+/m1/s1. The Labute approximate surface area is 114 Å². The highest BCUT2D eigenvalue weighted by Gasteiger charge is 2.28. The Balaban J connectivity index is 2.07. The molecule has 0 unspecified atom stereocenters. The maximum absolute atomic E-state index is 12.3. The monoisotopic (exact) mass is 262 g/mol. The summed E-state index contributed by atoms with van der Waals surface area (Å²) in [5.74, 6) is 0.406. The van der Waals surface area contributed by atoms with Crippen LogP contribution in [0.2, 0.25) is 0 Å². The maximum Gasteiger partial charge on any atom is 0.251 e. The van der Waals surface area contributed by atoms with E-state index in [1.807, 2.05) is 6.07 Å². The Morgan fingerprint density at radius 2 is 2.26 bits per heavy atom. The molecule has 104 valence electrons. The summed E-state index contributed by atoms with van der Waals surface area (Å²) in [6.45, 7) is 5.24. The first-order valence-corrected chi connectivity index (χ1v) is 6.86. The number of aliphatic hydroxyl groups is 1. The van der Waals surface area contributed by atoms with Crippen LogP contribution in [0.4, 0.5) is 0 Å². The van der Waals surface area contributed by atoms with Crippen LogP contribution in [-0.4, -0.2) is 29.6 Å². The summed E-state index contributed by atoms with van der Waals surface area (Å²) < 4.78 is 0. The number of piperidine rings is 1. The van der Waals surface area contributed by atoms with Gasteiger partial charge < -0.3 is 15.7 Å². The van der Waals surface area contributed by atoms with Crippen molar-refractivity contribution < 1.29 is 9.90 Å². The van der Waals surface area contributed by atoms with E-state index in [1.54, 1.807) is 18.2 Å². The molecule has 1 aromatic rings. The fourth-order valence-electron chi connectivity index (χ4n) is 2.65. The number of amides is 1. The average Bonchev–Trinajstić information content (AvgIpc) is 2.43. The predicted molar refractivity (Wildman–Crippen MR) is 74.9 cm³/mol. The summed E-state index contributed by atoms with van der Waals surface area (Å²) in [6, 6.07) is 7.56. The largest absolute Gasteiger partial charge is 0.392 e. The lowest BCUT2D eigenvalue weighted by Gasteiger charge is -2.36. The van der Waals surface area contributed by atoms with Gasteiger partial charge in [-0.2, -0.15) is 0 Å². The number of nitrogens with one attached hydrogen (secondary N) is 2. The van der Waals surface area contributed by atoms with Gasteiger partial charge in [-0.05, 0) is 43.5 Å². The molecule has 0 radical (unpaired) electrons. The van der Waals surface area contributed by atoms with Gasteiger partial charge in [-0.25, -0.2) is 0 Å². The summed E-state index contributed by atoms with van der Waals surface area (Å²) in [5.41, 5.74) is 1.37. The van der Waals surface area contributed by atoms with Gasteiger partial charge in [0.2, 0.25) is 0 Å². The molecule has 0 bridgehead atoms. The third-order valence-corrected chi connectivity index (χ3v) is 3.89. The van der Waals surface area contributed by atoms with E-state index in [4.69, 9.17) is 5.11 Å². The highest BCUT2D eigenvalue weighted by Crippen LogP contribution is 2.17. The molecular weight excluding hydrogens is 240 g/mol. The van der Waals surface area contributed by atoms with Gasteiger partial charge >= 0.3 is 0 Å². The van der Waals surface area contributed by atoms with E-state index in [0.717, 1.165) is 18.5 Å². The maximum atomic E-state index is 12.3. The van der Waals surface area contributed by atoms with Crippen LogP contribution in [0.25, 0.3) is 0 Å². The smallest absolute Gasteiger partial charge is 0.251 e. The van der Waals surface area contributed by atoms with Gasteiger partial charge in [0.05, 0.1) is 6.61 Å². The molecule has 1 fully saturated rings. The Hall–Kier alpha value is -1.39. The van der Waals surface area contributed by atoms with Crippen LogP contribution in [0.1, 0.15) is 36.2 Å². The zero-order chi connectivity index (χ0) is 13.8. The minimum atomic E-state index is -0.0669. The Kier molecular flexibility index (Phi) is 4.56. The van der Waals surface area contributed by atoms with E-state index in [9.17, 15) is 4.79 Å². The Bertz CT molecular complexity index is 438. The number of benzene rings is 1. The third-order valence-electron chi connectivity index (χ3n) is 3.89. The molecule has 0 spiro atoms. The van der Waals surface area contributed by atoms with E-state index in [2.05, 4.69) is 24.5 Å². The van der Waals surface area contributed by atoms with Gasteiger partial charge in [-0.3, -0.25) is 4.79 Å². The molecule has 1 aromatic carbocycles. The second kappa shape index (κ2) is 6.17. The van der Waals surface area contributed by atoms with Crippen LogP contribution in [0, 0.1) is 5.92 Å². The molecule has 1 aliphatic heterocycles. The molecular formula is C15H22N2O2. The number of aliphatic hydroxyl groups excluding tert-OH is 1. The summed E-state index contributed by atoms with van der Waals surface area (Å²) in [7, 11) is 0. The van der Waals surface area contributed by atoms with Gasteiger partial charge in [0.15, 0.2) is 0 Å². The SMILES string of the molecule is C[C@@H]1CCN[C@@H](C)[C@H]1NC(=O)c1cccc(CO)c1. The molecule has 3 N–H and O–H groups in total. The summed E-state index contributed by atoms with van der Waals surface area (Å²) >= 11 is 0. The molecule has 2 rings (SSSR count). The van der Waals surface area contributed by atoms with E-state index in [1.165, 1.54) is 0 Å². The molecule has 0 aliphatic carbocycles. The lowest BCUT2D eigenvalue weighted by molar-refractivity contribution is 0.0897. The number of hydrogen-bond donors (Lipinski definition) is 3. The summed E-state index contributed by atoms with van der Waals surface area (Å²) in [6.07, 6.45) is 1.08. The van der Waals surface area contributed by atoms with E-state index < -0.39 is 0 Å². The van der Waals surface area contributed by atoms with E-state index in [0.29, 0.717) is 11.5 Å². The van der Waals surface area contributed by atoms with Crippen LogP contribution in [-0.2, 0) is 6.61 Å². The van der Waals surface area contributed by atoms with Crippen molar-refractivity contribution in [1.82, 2.24) is 10.6 Å². The molecule has 19 heavy (non-hydrogen) atoms. The quantitative estimate of drug-likeness (QED) is 0.769. The average molecular weight is 262 g/mol. The lowest BCUT2D eigenvalue weighted by atomic mass is 9.89. The Morgan fingerprint density at radius 3 is 2.95 bits per heavy atom. The van der Waals surface area contributed by atoms with Gasteiger partial charge in [0.1, 0.15) is 0 Å². The summed E-state index contributed by atoms with van der Waals surface area (Å²) in [5, 5.41) is 15.6. The van der Waals surface area contributed by atoms with Crippen molar-refractivity contribution in [2.45, 2.75) is 39.0 Å². The van der Waals surface area contributed by atoms with Gasteiger partial charge in [0.25, 0.3) is 5.91 Å². The first-order valence-electron chi connectivity index (χ1n) is 6.86. The van der Waals surface area contributed by atoms with Crippen molar-refractivity contribution in [3.05, 3.63) is 35.4 Å². The second-order valence-corrected chi connectivity index (χ2v) is 5.37. The van der Waals surface area contributed by atoms with Crippen LogP contribution in [0.3, 0.4) is 0 Å². The van der Waals surface area contributed by atoms with Crippen molar-refractivity contribution in [2.75, 3.05) is 6.54 Å². The fourth-order valence-corrected chi connectivity index (χ4v) is 2.65. The molecule has 1 amide bonds. The molecule has 1 saturated heterocycles. The lowest BCUT2D eigenvalue weighted by Crippen LogP contribution is -2.55. The number of carbonyl (C=O) groups excluding carboxylic acids is 1. The number of rotatable bonds is 3. The third kappa shape index (κ3) is 3.33. The van der Waals surface area contributed by atoms with Crippen LogP contribution >= 0.6 is 0 Å². The van der Waals surface area contributed by atoms with Crippen molar-refractivity contribution in [1.29, 1.82) is 0 Å². The highest BCUT2D eigenvalue weighted by molar-refractivity contribution is 5.94. The molecule has 0 saturated carbocycles. The van der Waals surface area contributed by atoms with Gasteiger partial charge in [-0.1, -0.05) is 19.1 Å². The van der Waals surface area contributed by atoms with Crippen molar-refractivity contribution in [3.8, 4) is 0 Å². The zero-order valence-electron chi connectivity index (χ0n) is 11.5. The Morgan fingerprint density at radius 1 is 1.47 bits per heavy atom. The molecule has 4 nitrogen and oxygen atoms in total. The topological polar surface area (TPSA) is 61.4 Å². The normalized spacial score (nSPS) is 27.0. The van der Waals surface area contributed by atoms with Crippen molar-refractivity contribution in [2.24, 2.45) is 5.92 Å². The molecule has 1 heterocycles. The summed E-state index contributed by atoms with van der Waals surface area (Å²) in [4.78, 5) is 12.3. The van der Waals surface area contributed by atoms with Gasteiger partial charge in [-0.15, -0.1) is 0 Å². The van der Waals surface area contributed by atoms with Crippen LogP contribution < -0.4 is 10.6 Å². The van der Waals surface area contributed by atoms with Crippen LogP contribution in [0.5, 0.6) is 0 Å². The minimum Gasteiger partial charge on any atom is -0.392 e. The zero-order valence-corrected chi connectivity index (χ0v) is 11.5. The van der Waals surface area contributed by atoms with Crippen molar-refractivity contribution in [3.63, 3.8) is 0 Å². The van der Waals surface area contributed by atoms with Crippen molar-refractivity contribution >= 4 is 5.91 Å². The first-order chi connectivity index (χ1) is 9.11. The number of hydrogen-bond acceptors (Lipinski definition) is 3. The van der Waals surface area contributed by atoms with Gasteiger partial charge in [0, 0.05) is 17.6 Å².